The molecule has 0 aliphatic rings. The average molecular weight is 145 g/mol. The monoisotopic (exact) mass is 145 g/mol. The van der Waals surface area contributed by atoms with Crippen LogP contribution in [0.1, 0.15) is 0 Å². The maximum absolute atomic E-state index is 7.50. The zero-order valence-electron chi connectivity index (χ0n) is 3.84. The smallest absolute Gasteiger partial charge is 0.999 e. The van der Waals surface area contributed by atoms with Crippen LogP contribution in [0, 0.1) is 30.9 Å². The van der Waals surface area contributed by atoms with Crippen molar-refractivity contribution < 1.29 is 21.7 Å². The van der Waals surface area contributed by atoms with Crippen LogP contribution in [0.2, 0.25) is 0 Å². The fourth-order valence-corrected chi connectivity index (χ4v) is 0.180. The molecule has 0 aliphatic carbocycles. The van der Waals surface area contributed by atoms with E-state index in [9.17, 15) is 0 Å². The second-order valence-electron chi connectivity index (χ2n) is 0.683. The summed E-state index contributed by atoms with van der Waals surface area (Å²) in [5, 5.41) is 0. The van der Waals surface area contributed by atoms with Crippen molar-refractivity contribution in [3.63, 3.8) is 0 Å². The fraction of sp³-hybridized carbons (Fsp3) is 0. The van der Waals surface area contributed by atoms with Crippen molar-refractivity contribution in [2.24, 2.45) is 0 Å². The van der Waals surface area contributed by atoms with E-state index in [-0.39, 0.29) is 17.1 Å². The van der Waals surface area contributed by atoms with Gasteiger partial charge in [0.05, 0.1) is 0 Å². The SMILES string of the molecule is [C-]#[O+].[Fe+2].[c-]1[c-][c-][cH-][c-]1. The van der Waals surface area contributed by atoms with Gasteiger partial charge in [-0.2, -0.15) is 0 Å². The van der Waals surface area contributed by atoms with Crippen LogP contribution < -0.4 is 0 Å². The van der Waals surface area contributed by atoms with Gasteiger partial charge in [0.25, 0.3) is 0 Å². The van der Waals surface area contributed by atoms with Crippen LogP contribution in [0.25, 0.3) is 0 Å². The van der Waals surface area contributed by atoms with Gasteiger partial charge in [-0.15, -0.1) is 0 Å². The van der Waals surface area contributed by atoms with Gasteiger partial charge in [0.1, 0.15) is 0 Å². The quantitative estimate of drug-likeness (QED) is 0.289. The summed E-state index contributed by atoms with van der Waals surface area (Å²) in [7, 11) is 0. The van der Waals surface area contributed by atoms with Crippen LogP contribution in [0.3, 0.4) is 0 Å². The van der Waals surface area contributed by atoms with Gasteiger partial charge in [-0.05, 0) is 0 Å². The summed E-state index contributed by atoms with van der Waals surface area (Å²) in [6.45, 7) is 4.50. The van der Waals surface area contributed by atoms with Crippen LogP contribution in [-0.4, -0.2) is 0 Å². The molecule has 0 fully saturated rings. The van der Waals surface area contributed by atoms with Crippen molar-refractivity contribution in [3.8, 4) is 0 Å². The first-order chi connectivity index (χ1) is 3.50. The third kappa shape index (κ3) is 5.61. The maximum atomic E-state index is 7.50. The molecule has 0 radical (unpaired) electrons. The summed E-state index contributed by atoms with van der Waals surface area (Å²) in [5.74, 6) is 0. The molecule has 2 heteroatoms. The molecule has 8 heavy (non-hydrogen) atoms. The van der Waals surface area contributed by atoms with Gasteiger partial charge < -0.3 is 30.3 Å². The van der Waals surface area contributed by atoms with Gasteiger partial charge >= 0.3 is 28.4 Å². The molecular formula is C6HFeO-3. The second kappa shape index (κ2) is 9.79. The predicted octanol–water partition coefficient (Wildman–Crippen LogP) is 0.566. The molecule has 0 aliphatic heterocycles. The van der Waals surface area contributed by atoms with E-state index in [1.165, 1.54) is 0 Å². The summed E-state index contributed by atoms with van der Waals surface area (Å²) in [4.78, 5) is 0. The van der Waals surface area contributed by atoms with Crippen LogP contribution in [-0.2, 0) is 21.7 Å². The summed E-state index contributed by atoms with van der Waals surface area (Å²) in [6, 6.07) is 12.0. The molecule has 0 saturated heterocycles. The molecule has 0 spiro atoms. The number of hydrogen-bond acceptors (Lipinski definition) is 0. The van der Waals surface area contributed by atoms with E-state index in [1.807, 2.05) is 0 Å². The standard InChI is InChI=1S/C5H.CO.Fe/c1-2-4-5-3-1;1-2;/h1H;;/q-5;;+2. The van der Waals surface area contributed by atoms with Gasteiger partial charge in [-0.25, -0.2) is 0 Å². The Morgan fingerprint density at radius 2 is 1.50 bits per heavy atom. The fourth-order valence-electron chi connectivity index (χ4n) is 0.180. The summed E-state index contributed by atoms with van der Waals surface area (Å²) < 4.78 is 7.50. The molecule has 1 aromatic carbocycles. The van der Waals surface area contributed by atoms with Crippen molar-refractivity contribution in [1.29, 1.82) is 0 Å². The minimum absolute atomic E-state index is 0. The second-order valence-corrected chi connectivity index (χ2v) is 0.683. The molecule has 0 bridgehead atoms. The molecule has 1 nitrogen and oxygen atoms in total. The third-order valence-corrected chi connectivity index (χ3v) is 0.351. The Kier molecular flexibility index (Phi) is 12.9. The first-order valence-corrected chi connectivity index (χ1v) is 1.53. The van der Waals surface area contributed by atoms with Crippen molar-refractivity contribution in [2.45, 2.75) is 0 Å². The maximum Gasteiger partial charge on any atom is 2.00 e. The minimum atomic E-state index is 0. The topological polar surface area (TPSA) is 19.9 Å². The van der Waals surface area contributed by atoms with Crippen molar-refractivity contribution >= 4 is 0 Å². The van der Waals surface area contributed by atoms with E-state index in [2.05, 4.69) is 30.9 Å². The molecule has 0 aromatic heterocycles. The Morgan fingerprint density at radius 1 is 1.12 bits per heavy atom. The molecule has 0 atom stereocenters. The first-order valence-electron chi connectivity index (χ1n) is 1.53. The van der Waals surface area contributed by atoms with Gasteiger partial charge in [0.15, 0.2) is 0 Å². The van der Waals surface area contributed by atoms with Gasteiger partial charge in [0.2, 0.25) is 0 Å². The molecule has 1 rings (SSSR count). The Bertz CT molecular complexity index is 92.1. The van der Waals surface area contributed by atoms with E-state index in [1.54, 1.807) is 6.07 Å². The van der Waals surface area contributed by atoms with Gasteiger partial charge in [-0.3, -0.25) is 0 Å². The predicted molar refractivity (Wildman–Crippen MR) is 21.3 cm³/mol. The molecule has 42 valence electrons. The number of rotatable bonds is 0. The zero-order chi connectivity index (χ0) is 5.54. The Labute approximate surface area is 59.3 Å². The van der Waals surface area contributed by atoms with E-state index < -0.39 is 0 Å². The van der Waals surface area contributed by atoms with Crippen LogP contribution in [0.5, 0.6) is 0 Å². The van der Waals surface area contributed by atoms with Crippen LogP contribution >= 0.6 is 0 Å². The molecule has 1 aromatic rings. The van der Waals surface area contributed by atoms with Crippen molar-refractivity contribution in [3.05, 3.63) is 37.0 Å². The van der Waals surface area contributed by atoms with Crippen molar-refractivity contribution in [2.75, 3.05) is 0 Å². The molecule has 0 amide bonds. The molecular weight excluding hydrogens is 144 g/mol. The van der Waals surface area contributed by atoms with E-state index in [4.69, 9.17) is 4.65 Å². The molecule has 0 unspecified atom stereocenters. The Morgan fingerprint density at radius 3 is 1.62 bits per heavy atom. The van der Waals surface area contributed by atoms with E-state index in [0.29, 0.717) is 0 Å². The van der Waals surface area contributed by atoms with Crippen LogP contribution in [0.15, 0.2) is 6.07 Å². The summed E-state index contributed by atoms with van der Waals surface area (Å²) >= 11 is 0. The summed E-state index contributed by atoms with van der Waals surface area (Å²) in [6.07, 6.45) is 0. The Hall–Kier alpha value is -0.391. The average Bonchev–Trinajstić information content (AvgIpc) is 2.23. The first kappa shape index (κ1) is 10.6. The van der Waals surface area contributed by atoms with Crippen molar-refractivity contribution in [1.82, 2.24) is 0 Å². The third-order valence-electron chi connectivity index (χ3n) is 0.351. The number of hydrogen-bond donors (Lipinski definition) is 0. The minimum Gasteiger partial charge on any atom is -0.999 e. The molecule has 0 heterocycles. The van der Waals surface area contributed by atoms with Gasteiger partial charge in [0, 0.05) is 0 Å². The van der Waals surface area contributed by atoms with Crippen LogP contribution in [0.4, 0.5) is 0 Å². The molecule has 0 N–H and O–H groups in total. The zero-order valence-corrected chi connectivity index (χ0v) is 4.94. The Balaban J connectivity index is 0. The van der Waals surface area contributed by atoms with E-state index in [0.717, 1.165) is 0 Å². The largest absolute Gasteiger partial charge is 2.00 e. The summed E-state index contributed by atoms with van der Waals surface area (Å²) in [5.41, 5.74) is 0. The van der Waals surface area contributed by atoms with Gasteiger partial charge in [-0.1, -0.05) is 0 Å². The molecule has 0 saturated carbocycles. The normalized spacial score (nSPS) is 5.25. The van der Waals surface area contributed by atoms with E-state index >= 15 is 0 Å².